The number of urea groups is 1. The van der Waals surface area contributed by atoms with Crippen LogP contribution < -0.4 is 15.4 Å². The molecule has 0 atom stereocenters. The van der Waals surface area contributed by atoms with Crippen LogP contribution in [0.5, 0.6) is 5.75 Å². The summed E-state index contributed by atoms with van der Waals surface area (Å²) in [6.07, 6.45) is 0. The highest BCUT2D eigenvalue weighted by Gasteiger charge is 2.18. The van der Waals surface area contributed by atoms with Crippen LogP contribution in [0.1, 0.15) is 26.5 Å². The average Bonchev–Trinajstić information content (AvgIpc) is 2.87. The molecular formula is C15H18ClN3O2S. The molecule has 2 amide bonds. The molecule has 0 spiro atoms. The number of halogens is 1. The van der Waals surface area contributed by atoms with Gasteiger partial charge in [-0.2, -0.15) is 0 Å². The molecule has 0 saturated heterocycles. The Hall–Kier alpha value is -1.79. The molecule has 0 aliphatic heterocycles. The molecule has 22 heavy (non-hydrogen) atoms. The van der Waals surface area contributed by atoms with Gasteiger partial charge in [0.1, 0.15) is 5.75 Å². The zero-order chi connectivity index (χ0) is 16.3. The van der Waals surface area contributed by atoms with Gasteiger partial charge in [0.15, 0.2) is 5.13 Å². The fraction of sp³-hybridized carbons (Fsp3) is 0.333. The van der Waals surface area contributed by atoms with Crippen molar-refractivity contribution in [2.24, 2.45) is 0 Å². The monoisotopic (exact) mass is 339 g/mol. The van der Waals surface area contributed by atoms with Crippen molar-refractivity contribution in [3.63, 3.8) is 0 Å². The molecule has 0 bridgehead atoms. The van der Waals surface area contributed by atoms with Crippen LogP contribution in [0.15, 0.2) is 23.6 Å². The minimum absolute atomic E-state index is 0.0525. The van der Waals surface area contributed by atoms with Crippen LogP contribution in [0.4, 0.5) is 15.6 Å². The molecular weight excluding hydrogens is 322 g/mol. The Morgan fingerprint density at radius 3 is 2.64 bits per heavy atom. The molecule has 1 aromatic carbocycles. The van der Waals surface area contributed by atoms with Crippen LogP contribution in [0.25, 0.3) is 0 Å². The van der Waals surface area contributed by atoms with Crippen molar-refractivity contribution in [2.75, 3.05) is 17.7 Å². The van der Waals surface area contributed by atoms with E-state index in [9.17, 15) is 4.79 Å². The molecule has 118 valence electrons. The smallest absolute Gasteiger partial charge is 0.325 e. The molecule has 0 unspecified atom stereocenters. The second-order valence-electron chi connectivity index (χ2n) is 5.71. The first-order valence-electron chi connectivity index (χ1n) is 6.67. The number of anilines is 2. The van der Waals surface area contributed by atoms with Gasteiger partial charge in [0.25, 0.3) is 0 Å². The van der Waals surface area contributed by atoms with Crippen molar-refractivity contribution in [3.05, 3.63) is 34.3 Å². The fourth-order valence-electron chi connectivity index (χ4n) is 1.70. The molecule has 0 radical (unpaired) electrons. The first-order valence-corrected chi connectivity index (χ1v) is 7.93. The summed E-state index contributed by atoms with van der Waals surface area (Å²) >= 11 is 7.32. The number of methoxy groups -OCH3 is 1. The van der Waals surface area contributed by atoms with Gasteiger partial charge in [0.05, 0.1) is 18.5 Å². The summed E-state index contributed by atoms with van der Waals surface area (Å²) in [5, 5.41) is 8.42. The van der Waals surface area contributed by atoms with E-state index in [1.807, 2.05) is 5.38 Å². The van der Waals surface area contributed by atoms with Gasteiger partial charge in [-0.1, -0.05) is 32.4 Å². The Balaban J connectivity index is 2.07. The number of benzene rings is 1. The van der Waals surface area contributed by atoms with Gasteiger partial charge < -0.3 is 10.1 Å². The lowest BCUT2D eigenvalue weighted by atomic mass is 9.93. The normalized spacial score (nSPS) is 11.1. The van der Waals surface area contributed by atoms with Gasteiger partial charge in [-0.3, -0.25) is 5.32 Å². The number of carbonyl (C=O) groups is 1. The van der Waals surface area contributed by atoms with Crippen molar-refractivity contribution >= 4 is 39.8 Å². The SMILES string of the molecule is COc1ccc(Cl)cc1NC(=O)Nc1nc(C(C)(C)C)cs1. The molecule has 7 heteroatoms. The van der Waals surface area contributed by atoms with Gasteiger partial charge in [-0.05, 0) is 18.2 Å². The fourth-order valence-corrected chi connectivity index (χ4v) is 2.81. The van der Waals surface area contributed by atoms with Crippen LogP contribution >= 0.6 is 22.9 Å². The Bertz CT molecular complexity index is 680. The number of hydrogen-bond acceptors (Lipinski definition) is 4. The van der Waals surface area contributed by atoms with Crippen LogP contribution in [0.3, 0.4) is 0 Å². The topological polar surface area (TPSA) is 63.2 Å². The van der Waals surface area contributed by atoms with Crippen LogP contribution in [-0.4, -0.2) is 18.1 Å². The van der Waals surface area contributed by atoms with Crippen molar-refractivity contribution in [1.29, 1.82) is 0 Å². The summed E-state index contributed by atoms with van der Waals surface area (Å²) < 4.78 is 5.19. The first-order chi connectivity index (χ1) is 10.3. The third-order valence-corrected chi connectivity index (χ3v) is 3.90. The molecule has 2 N–H and O–H groups in total. The van der Waals surface area contributed by atoms with Crippen molar-refractivity contribution in [3.8, 4) is 5.75 Å². The summed E-state index contributed by atoms with van der Waals surface area (Å²) in [4.78, 5) is 16.5. The lowest BCUT2D eigenvalue weighted by Crippen LogP contribution is -2.20. The second-order valence-corrected chi connectivity index (χ2v) is 7.01. The third kappa shape index (κ3) is 4.11. The lowest BCUT2D eigenvalue weighted by molar-refractivity contribution is 0.262. The number of rotatable bonds is 3. The molecule has 1 heterocycles. The predicted molar refractivity (Wildman–Crippen MR) is 91.5 cm³/mol. The van der Waals surface area contributed by atoms with Crippen LogP contribution in [0, 0.1) is 0 Å². The Kier molecular flexibility index (Phi) is 4.93. The molecule has 2 aromatic rings. The number of nitrogens with one attached hydrogen (secondary N) is 2. The van der Waals surface area contributed by atoms with E-state index in [0.29, 0.717) is 21.6 Å². The maximum Gasteiger partial charge on any atom is 0.325 e. The summed E-state index contributed by atoms with van der Waals surface area (Å²) in [7, 11) is 1.53. The highest BCUT2D eigenvalue weighted by molar-refractivity contribution is 7.14. The van der Waals surface area contributed by atoms with Gasteiger partial charge in [-0.25, -0.2) is 9.78 Å². The Morgan fingerprint density at radius 1 is 1.32 bits per heavy atom. The molecule has 5 nitrogen and oxygen atoms in total. The number of amides is 2. The maximum absolute atomic E-state index is 12.1. The molecule has 0 saturated carbocycles. The van der Waals surface area contributed by atoms with Crippen molar-refractivity contribution in [2.45, 2.75) is 26.2 Å². The summed E-state index contributed by atoms with van der Waals surface area (Å²) in [6, 6.07) is 4.62. The van der Waals surface area contributed by atoms with E-state index in [0.717, 1.165) is 5.69 Å². The highest BCUT2D eigenvalue weighted by Crippen LogP contribution is 2.29. The van der Waals surface area contributed by atoms with Gasteiger partial charge in [0.2, 0.25) is 0 Å². The number of nitrogens with zero attached hydrogens (tertiary/aromatic N) is 1. The molecule has 0 fully saturated rings. The second kappa shape index (κ2) is 6.54. The number of aromatic nitrogens is 1. The van der Waals surface area contributed by atoms with E-state index in [1.165, 1.54) is 18.4 Å². The lowest BCUT2D eigenvalue weighted by Gasteiger charge is -2.14. The van der Waals surface area contributed by atoms with Crippen molar-refractivity contribution < 1.29 is 9.53 Å². The van der Waals surface area contributed by atoms with Crippen molar-refractivity contribution in [1.82, 2.24) is 4.98 Å². The van der Waals surface area contributed by atoms with Gasteiger partial charge in [0, 0.05) is 15.8 Å². The zero-order valence-corrected chi connectivity index (χ0v) is 14.4. The van der Waals surface area contributed by atoms with Crippen LogP contribution in [0.2, 0.25) is 5.02 Å². The van der Waals surface area contributed by atoms with E-state index < -0.39 is 6.03 Å². The minimum atomic E-state index is -0.393. The maximum atomic E-state index is 12.1. The predicted octanol–water partition coefficient (Wildman–Crippen LogP) is 4.75. The average molecular weight is 340 g/mol. The minimum Gasteiger partial charge on any atom is -0.495 e. The third-order valence-electron chi connectivity index (χ3n) is 2.90. The largest absolute Gasteiger partial charge is 0.495 e. The number of carbonyl (C=O) groups excluding carboxylic acids is 1. The van der Waals surface area contributed by atoms with Gasteiger partial charge in [-0.15, -0.1) is 11.3 Å². The van der Waals surface area contributed by atoms with E-state index in [-0.39, 0.29) is 5.41 Å². The Labute approximate surface area is 138 Å². The molecule has 1 aromatic heterocycles. The number of hydrogen-bond donors (Lipinski definition) is 2. The van der Waals surface area contributed by atoms with E-state index in [1.54, 1.807) is 18.2 Å². The first kappa shape index (κ1) is 16.6. The van der Waals surface area contributed by atoms with E-state index in [2.05, 4.69) is 36.4 Å². The van der Waals surface area contributed by atoms with Gasteiger partial charge >= 0.3 is 6.03 Å². The summed E-state index contributed by atoms with van der Waals surface area (Å²) in [5.41, 5.74) is 1.39. The molecule has 0 aliphatic rings. The summed E-state index contributed by atoms with van der Waals surface area (Å²) in [6.45, 7) is 6.22. The zero-order valence-electron chi connectivity index (χ0n) is 12.9. The quantitative estimate of drug-likeness (QED) is 0.848. The van der Waals surface area contributed by atoms with E-state index in [4.69, 9.17) is 16.3 Å². The standard InChI is InChI=1S/C15H18ClN3O2S/c1-15(2,3)12-8-22-14(18-12)19-13(20)17-10-7-9(16)5-6-11(10)21-4/h5-8H,1-4H3,(H2,17,18,19,20). The summed E-state index contributed by atoms with van der Waals surface area (Å²) in [5.74, 6) is 0.536. The Morgan fingerprint density at radius 2 is 2.05 bits per heavy atom. The number of thiazole rings is 1. The van der Waals surface area contributed by atoms with Crippen LogP contribution in [-0.2, 0) is 5.41 Å². The number of ether oxygens (including phenoxy) is 1. The highest BCUT2D eigenvalue weighted by atomic mass is 35.5. The molecule has 2 rings (SSSR count). The molecule has 0 aliphatic carbocycles. The van der Waals surface area contributed by atoms with E-state index >= 15 is 0 Å².